The van der Waals surface area contributed by atoms with Crippen molar-refractivity contribution in [3.05, 3.63) is 78.5 Å². The van der Waals surface area contributed by atoms with Gasteiger partial charge in [0.25, 0.3) is 5.91 Å². The van der Waals surface area contributed by atoms with E-state index in [0.29, 0.717) is 5.56 Å². The minimum Gasteiger partial charge on any atom is -0.336 e. The molecule has 0 N–H and O–H groups in total. The summed E-state index contributed by atoms with van der Waals surface area (Å²) >= 11 is 0. The Morgan fingerprint density at radius 1 is 1.00 bits per heavy atom. The molecular weight excluding hydrogens is 326 g/mol. The van der Waals surface area contributed by atoms with Crippen molar-refractivity contribution in [2.45, 2.75) is 6.54 Å². The van der Waals surface area contributed by atoms with Gasteiger partial charge >= 0.3 is 0 Å². The predicted octanol–water partition coefficient (Wildman–Crippen LogP) is 2.23. The Balaban J connectivity index is 1.34. The van der Waals surface area contributed by atoms with Crippen LogP contribution in [0, 0.1) is 0 Å². The van der Waals surface area contributed by atoms with Crippen molar-refractivity contribution in [3.8, 4) is 5.82 Å². The molecule has 132 valence electrons. The number of aromatic nitrogens is 3. The lowest BCUT2D eigenvalue weighted by atomic mass is 10.2. The van der Waals surface area contributed by atoms with E-state index in [4.69, 9.17) is 0 Å². The van der Waals surface area contributed by atoms with E-state index in [1.807, 2.05) is 33.9 Å². The molecule has 1 saturated heterocycles. The molecule has 6 nitrogen and oxygen atoms in total. The molecular formula is C20H21N5O. The van der Waals surface area contributed by atoms with E-state index < -0.39 is 0 Å². The van der Waals surface area contributed by atoms with Crippen LogP contribution in [0.1, 0.15) is 15.9 Å². The summed E-state index contributed by atoms with van der Waals surface area (Å²) in [6.07, 6.45) is 6.87. The predicted molar refractivity (Wildman–Crippen MR) is 99.0 cm³/mol. The number of rotatable bonds is 4. The molecule has 0 atom stereocenters. The van der Waals surface area contributed by atoms with Gasteiger partial charge in [-0.05, 0) is 17.7 Å². The zero-order chi connectivity index (χ0) is 17.8. The summed E-state index contributed by atoms with van der Waals surface area (Å²) in [5.41, 5.74) is 1.94. The maximum Gasteiger partial charge on any atom is 0.255 e. The van der Waals surface area contributed by atoms with Crippen molar-refractivity contribution in [1.29, 1.82) is 0 Å². The molecule has 3 heterocycles. The lowest BCUT2D eigenvalue weighted by Gasteiger charge is -2.34. The van der Waals surface area contributed by atoms with E-state index in [-0.39, 0.29) is 5.91 Å². The third-order valence-electron chi connectivity index (χ3n) is 4.67. The van der Waals surface area contributed by atoms with Gasteiger partial charge in [-0.25, -0.2) is 9.97 Å². The number of hydrogen-bond acceptors (Lipinski definition) is 4. The largest absolute Gasteiger partial charge is 0.336 e. The van der Waals surface area contributed by atoms with Gasteiger partial charge in [-0.3, -0.25) is 14.3 Å². The third kappa shape index (κ3) is 3.65. The molecule has 3 aromatic rings. The first kappa shape index (κ1) is 16.5. The number of piperazine rings is 1. The van der Waals surface area contributed by atoms with Crippen LogP contribution in [0.3, 0.4) is 0 Å². The van der Waals surface area contributed by atoms with Crippen LogP contribution in [0.2, 0.25) is 0 Å². The Bertz CT molecular complexity index is 838. The fraction of sp³-hybridized carbons (Fsp3) is 0.250. The van der Waals surface area contributed by atoms with Crippen LogP contribution >= 0.6 is 0 Å². The number of carbonyl (C=O) groups is 1. The zero-order valence-corrected chi connectivity index (χ0v) is 14.5. The van der Waals surface area contributed by atoms with Gasteiger partial charge in [-0.1, -0.05) is 30.3 Å². The summed E-state index contributed by atoms with van der Waals surface area (Å²) in [6.45, 7) is 4.20. The molecule has 26 heavy (non-hydrogen) atoms. The molecule has 0 radical (unpaired) electrons. The van der Waals surface area contributed by atoms with Crippen molar-refractivity contribution >= 4 is 5.91 Å². The Kier molecular flexibility index (Phi) is 4.75. The van der Waals surface area contributed by atoms with Crippen molar-refractivity contribution in [2.75, 3.05) is 26.2 Å². The molecule has 2 aromatic heterocycles. The Morgan fingerprint density at radius 2 is 1.81 bits per heavy atom. The number of amides is 1. The average Bonchev–Trinajstić information content (AvgIpc) is 3.24. The highest BCUT2D eigenvalue weighted by Gasteiger charge is 2.22. The second-order valence-electron chi connectivity index (χ2n) is 6.43. The summed E-state index contributed by atoms with van der Waals surface area (Å²) < 4.78 is 1.82. The van der Waals surface area contributed by atoms with E-state index in [1.54, 1.807) is 18.7 Å². The molecule has 0 bridgehead atoms. The Morgan fingerprint density at radius 3 is 2.46 bits per heavy atom. The minimum absolute atomic E-state index is 0.0500. The molecule has 1 aliphatic heterocycles. The average molecular weight is 347 g/mol. The maximum atomic E-state index is 12.7. The van der Waals surface area contributed by atoms with Gasteiger partial charge in [0.15, 0.2) is 0 Å². The quantitative estimate of drug-likeness (QED) is 0.726. The lowest BCUT2D eigenvalue weighted by molar-refractivity contribution is 0.0628. The van der Waals surface area contributed by atoms with Crippen molar-refractivity contribution in [1.82, 2.24) is 24.3 Å². The molecule has 1 aromatic carbocycles. The van der Waals surface area contributed by atoms with Crippen LogP contribution < -0.4 is 0 Å². The third-order valence-corrected chi connectivity index (χ3v) is 4.67. The summed E-state index contributed by atoms with van der Waals surface area (Å²) in [4.78, 5) is 25.4. The highest BCUT2D eigenvalue weighted by atomic mass is 16.2. The van der Waals surface area contributed by atoms with E-state index in [1.165, 1.54) is 5.56 Å². The van der Waals surface area contributed by atoms with Gasteiger partial charge < -0.3 is 4.90 Å². The van der Waals surface area contributed by atoms with E-state index in [2.05, 4.69) is 39.1 Å². The van der Waals surface area contributed by atoms with Crippen LogP contribution in [0.4, 0.5) is 0 Å². The number of hydrogen-bond donors (Lipinski definition) is 0. The topological polar surface area (TPSA) is 54.3 Å². The summed E-state index contributed by atoms with van der Waals surface area (Å²) in [6, 6.07) is 14.1. The van der Waals surface area contributed by atoms with Crippen LogP contribution in [0.5, 0.6) is 0 Å². The molecule has 1 amide bonds. The SMILES string of the molecule is O=C(c1ccc(-n2ccnc2)nc1)N1CCN(Cc2ccccc2)CC1. The van der Waals surface area contributed by atoms with Gasteiger partial charge in [0.2, 0.25) is 0 Å². The van der Waals surface area contributed by atoms with Gasteiger partial charge in [0.05, 0.1) is 5.56 Å². The zero-order valence-electron chi connectivity index (χ0n) is 14.5. The first-order valence-corrected chi connectivity index (χ1v) is 8.79. The molecule has 6 heteroatoms. The monoisotopic (exact) mass is 347 g/mol. The second-order valence-corrected chi connectivity index (χ2v) is 6.43. The van der Waals surface area contributed by atoms with Crippen LogP contribution in [-0.4, -0.2) is 56.4 Å². The molecule has 4 rings (SSSR count). The van der Waals surface area contributed by atoms with Crippen LogP contribution in [0.15, 0.2) is 67.4 Å². The maximum absolute atomic E-state index is 12.7. The lowest BCUT2D eigenvalue weighted by Crippen LogP contribution is -2.48. The smallest absolute Gasteiger partial charge is 0.255 e. The van der Waals surface area contributed by atoms with Gasteiger partial charge in [0, 0.05) is 51.3 Å². The van der Waals surface area contributed by atoms with Crippen LogP contribution in [-0.2, 0) is 6.54 Å². The minimum atomic E-state index is 0.0500. The second kappa shape index (κ2) is 7.49. The van der Waals surface area contributed by atoms with Gasteiger partial charge in [0.1, 0.15) is 12.1 Å². The van der Waals surface area contributed by atoms with Gasteiger partial charge in [-0.15, -0.1) is 0 Å². The molecule has 1 aliphatic rings. The molecule has 0 aliphatic carbocycles. The van der Waals surface area contributed by atoms with Crippen molar-refractivity contribution in [3.63, 3.8) is 0 Å². The Labute approximate surface area is 152 Å². The van der Waals surface area contributed by atoms with E-state index in [0.717, 1.165) is 38.5 Å². The molecule has 0 spiro atoms. The summed E-state index contributed by atoms with van der Waals surface area (Å²) in [5, 5.41) is 0. The highest BCUT2D eigenvalue weighted by molar-refractivity contribution is 5.94. The van der Waals surface area contributed by atoms with E-state index >= 15 is 0 Å². The fourth-order valence-corrected chi connectivity index (χ4v) is 3.19. The van der Waals surface area contributed by atoms with Crippen molar-refractivity contribution < 1.29 is 4.79 Å². The number of pyridine rings is 1. The standard InChI is InChI=1S/C20H21N5O/c26-20(18-6-7-19(22-14-18)25-9-8-21-16-25)24-12-10-23(11-13-24)15-17-4-2-1-3-5-17/h1-9,14,16H,10-13,15H2. The van der Waals surface area contributed by atoms with E-state index in [9.17, 15) is 4.79 Å². The summed E-state index contributed by atoms with van der Waals surface area (Å²) in [7, 11) is 0. The Hall–Kier alpha value is -2.99. The number of carbonyl (C=O) groups excluding carboxylic acids is 1. The van der Waals surface area contributed by atoms with Gasteiger partial charge in [-0.2, -0.15) is 0 Å². The number of nitrogens with zero attached hydrogens (tertiary/aromatic N) is 5. The fourth-order valence-electron chi connectivity index (χ4n) is 3.19. The summed E-state index contributed by atoms with van der Waals surface area (Å²) in [5.74, 6) is 0.806. The molecule has 1 fully saturated rings. The first-order valence-electron chi connectivity index (χ1n) is 8.79. The highest BCUT2D eigenvalue weighted by Crippen LogP contribution is 2.12. The normalized spacial score (nSPS) is 15.2. The number of imidazole rings is 1. The molecule has 0 saturated carbocycles. The molecule has 0 unspecified atom stereocenters. The van der Waals surface area contributed by atoms with Crippen LogP contribution in [0.25, 0.3) is 5.82 Å². The first-order chi connectivity index (χ1) is 12.8. The number of benzene rings is 1. The van der Waals surface area contributed by atoms with Crippen molar-refractivity contribution in [2.24, 2.45) is 0 Å².